The van der Waals surface area contributed by atoms with Crippen molar-refractivity contribution in [2.75, 3.05) is 12.4 Å². The number of carbonyl (C=O) groups excluding carboxylic acids is 1. The van der Waals surface area contributed by atoms with E-state index in [0.29, 0.717) is 29.3 Å². The molecule has 2 aromatic carbocycles. The van der Waals surface area contributed by atoms with Gasteiger partial charge in [-0.05, 0) is 56.2 Å². The average Bonchev–Trinajstić information content (AvgIpc) is 2.68. The molecule has 1 aromatic heterocycles. The van der Waals surface area contributed by atoms with Crippen LogP contribution in [-0.2, 0) is 17.8 Å². The number of hydrogen-bond acceptors (Lipinski definition) is 4. The number of rotatable bonds is 7. The van der Waals surface area contributed by atoms with Gasteiger partial charge in [-0.15, -0.1) is 0 Å². The van der Waals surface area contributed by atoms with Gasteiger partial charge in [-0.25, -0.2) is 0 Å². The molecule has 3 rings (SSSR count). The predicted octanol–water partition coefficient (Wildman–Crippen LogP) is 3.35. The van der Waals surface area contributed by atoms with Crippen LogP contribution in [0.3, 0.4) is 0 Å². The van der Waals surface area contributed by atoms with Crippen LogP contribution in [0.25, 0.3) is 10.8 Å². The van der Waals surface area contributed by atoms with E-state index in [2.05, 4.69) is 5.32 Å². The summed E-state index contributed by atoms with van der Waals surface area (Å²) in [5.74, 6) is 0.639. The molecular weight excluding hydrogens is 368 g/mol. The van der Waals surface area contributed by atoms with Gasteiger partial charge in [-0.3, -0.25) is 9.59 Å². The molecule has 29 heavy (non-hydrogen) atoms. The molecule has 0 aliphatic heterocycles. The van der Waals surface area contributed by atoms with E-state index >= 15 is 0 Å². The summed E-state index contributed by atoms with van der Waals surface area (Å²) < 4.78 is 6.69. The highest BCUT2D eigenvalue weighted by Gasteiger charge is 2.16. The minimum absolute atomic E-state index is 0.124. The van der Waals surface area contributed by atoms with E-state index in [1.54, 1.807) is 51.4 Å². The molecule has 0 saturated heterocycles. The van der Waals surface area contributed by atoms with Crippen LogP contribution in [0.5, 0.6) is 5.75 Å². The highest BCUT2D eigenvalue weighted by atomic mass is 16.5. The summed E-state index contributed by atoms with van der Waals surface area (Å²) in [6.07, 6.45) is 2.56. The molecule has 6 nitrogen and oxygen atoms in total. The molecule has 2 N–H and O–H groups in total. The first-order valence-electron chi connectivity index (χ1n) is 9.54. The van der Waals surface area contributed by atoms with E-state index in [0.717, 1.165) is 11.3 Å². The lowest BCUT2D eigenvalue weighted by atomic mass is 10.1. The minimum atomic E-state index is -0.997. The molecule has 0 spiro atoms. The second-order valence-electron chi connectivity index (χ2n) is 7.73. The third-order valence-corrected chi connectivity index (χ3v) is 4.62. The van der Waals surface area contributed by atoms with E-state index in [4.69, 9.17) is 4.74 Å². The Morgan fingerprint density at radius 2 is 1.90 bits per heavy atom. The van der Waals surface area contributed by atoms with E-state index in [1.807, 2.05) is 24.3 Å². The topological polar surface area (TPSA) is 80.6 Å². The molecule has 0 unspecified atom stereocenters. The Kier molecular flexibility index (Phi) is 6.03. The summed E-state index contributed by atoms with van der Waals surface area (Å²) in [6.45, 7) is 3.50. The zero-order chi connectivity index (χ0) is 21.0. The molecule has 0 fully saturated rings. The van der Waals surface area contributed by atoms with E-state index in [1.165, 1.54) is 4.57 Å². The second-order valence-corrected chi connectivity index (χ2v) is 7.73. The number of aliphatic hydroxyl groups is 1. The van der Waals surface area contributed by atoms with Crippen LogP contribution >= 0.6 is 0 Å². The molecule has 0 aliphatic rings. The summed E-state index contributed by atoms with van der Waals surface area (Å²) in [5, 5.41) is 14.1. The number of carbonyl (C=O) groups is 1. The van der Waals surface area contributed by atoms with Crippen LogP contribution < -0.4 is 15.6 Å². The molecule has 0 saturated carbocycles. The molecule has 0 radical (unpaired) electrons. The van der Waals surface area contributed by atoms with Gasteiger partial charge in [-0.1, -0.05) is 18.2 Å². The third-order valence-electron chi connectivity index (χ3n) is 4.62. The maximum absolute atomic E-state index is 12.7. The van der Waals surface area contributed by atoms with Gasteiger partial charge in [0.2, 0.25) is 5.91 Å². The van der Waals surface area contributed by atoms with Crippen molar-refractivity contribution in [2.24, 2.45) is 0 Å². The summed E-state index contributed by atoms with van der Waals surface area (Å²) in [4.78, 5) is 25.2. The Balaban J connectivity index is 1.76. The number of amides is 1. The number of nitrogens with zero attached hydrogens (tertiary/aromatic N) is 1. The van der Waals surface area contributed by atoms with Gasteiger partial charge in [0.25, 0.3) is 5.56 Å². The first kappa shape index (κ1) is 20.6. The number of pyridine rings is 1. The number of hydrogen-bond donors (Lipinski definition) is 2. The first-order valence-corrected chi connectivity index (χ1v) is 9.54. The van der Waals surface area contributed by atoms with Gasteiger partial charge in [0, 0.05) is 29.1 Å². The van der Waals surface area contributed by atoms with Gasteiger partial charge in [-0.2, -0.15) is 0 Å². The SMILES string of the molecule is COc1cccc(CCC(=O)Nc2cccc3c(=O)n(CC(C)(C)O)ccc23)c1. The Labute approximate surface area is 169 Å². The zero-order valence-electron chi connectivity index (χ0n) is 16.9. The van der Waals surface area contributed by atoms with Gasteiger partial charge in [0.1, 0.15) is 5.75 Å². The van der Waals surface area contributed by atoms with Gasteiger partial charge >= 0.3 is 0 Å². The van der Waals surface area contributed by atoms with Crippen LogP contribution in [0, 0.1) is 0 Å². The standard InChI is InChI=1S/C23H26N2O4/c1-23(2,28)15-25-13-12-18-19(22(25)27)8-5-9-20(18)24-21(26)11-10-16-6-4-7-17(14-16)29-3/h4-9,12-14,28H,10-11,15H2,1-3H3,(H,24,26). The number of benzene rings is 2. The normalized spacial score (nSPS) is 11.4. The summed E-state index contributed by atoms with van der Waals surface area (Å²) in [6, 6.07) is 14.7. The maximum atomic E-state index is 12.7. The summed E-state index contributed by atoms with van der Waals surface area (Å²) in [5.41, 5.74) is 0.429. The highest BCUT2D eigenvalue weighted by molar-refractivity contribution is 6.01. The fourth-order valence-electron chi connectivity index (χ4n) is 3.27. The lowest BCUT2D eigenvalue weighted by Gasteiger charge is -2.19. The second kappa shape index (κ2) is 8.49. The number of ether oxygens (including phenoxy) is 1. The highest BCUT2D eigenvalue weighted by Crippen LogP contribution is 2.22. The zero-order valence-corrected chi connectivity index (χ0v) is 16.9. The fourth-order valence-corrected chi connectivity index (χ4v) is 3.27. The Morgan fingerprint density at radius 1 is 1.14 bits per heavy atom. The quantitative estimate of drug-likeness (QED) is 0.644. The van der Waals surface area contributed by atoms with E-state index in [-0.39, 0.29) is 18.0 Å². The van der Waals surface area contributed by atoms with Crippen molar-refractivity contribution < 1.29 is 14.6 Å². The van der Waals surface area contributed by atoms with Crippen LogP contribution in [0.2, 0.25) is 0 Å². The van der Waals surface area contributed by atoms with Crippen LogP contribution in [0.15, 0.2) is 59.5 Å². The molecular formula is C23H26N2O4. The molecule has 0 bridgehead atoms. The lowest BCUT2D eigenvalue weighted by molar-refractivity contribution is -0.116. The number of nitrogens with one attached hydrogen (secondary N) is 1. The average molecular weight is 394 g/mol. The summed E-state index contributed by atoms with van der Waals surface area (Å²) in [7, 11) is 1.61. The first-order chi connectivity index (χ1) is 13.8. The number of anilines is 1. The Morgan fingerprint density at radius 3 is 2.62 bits per heavy atom. The Bertz CT molecular complexity index is 1080. The number of fused-ring (bicyclic) bond motifs is 1. The smallest absolute Gasteiger partial charge is 0.258 e. The molecule has 6 heteroatoms. The molecule has 1 heterocycles. The molecule has 152 valence electrons. The third kappa shape index (κ3) is 5.23. The van der Waals surface area contributed by atoms with Gasteiger partial charge in [0.15, 0.2) is 0 Å². The van der Waals surface area contributed by atoms with Crippen molar-refractivity contribution >= 4 is 22.4 Å². The van der Waals surface area contributed by atoms with E-state index < -0.39 is 5.60 Å². The fraction of sp³-hybridized carbons (Fsp3) is 0.304. The van der Waals surface area contributed by atoms with Crippen molar-refractivity contribution in [1.82, 2.24) is 4.57 Å². The molecule has 0 atom stereocenters. The molecule has 3 aromatic rings. The maximum Gasteiger partial charge on any atom is 0.258 e. The van der Waals surface area contributed by atoms with Crippen molar-refractivity contribution in [2.45, 2.75) is 38.8 Å². The minimum Gasteiger partial charge on any atom is -0.497 e. The van der Waals surface area contributed by atoms with Crippen LogP contribution in [-0.4, -0.2) is 28.3 Å². The van der Waals surface area contributed by atoms with Crippen molar-refractivity contribution in [1.29, 1.82) is 0 Å². The van der Waals surface area contributed by atoms with Gasteiger partial charge < -0.3 is 19.7 Å². The number of aryl methyl sites for hydroxylation is 1. The van der Waals surface area contributed by atoms with Crippen LogP contribution in [0.4, 0.5) is 5.69 Å². The van der Waals surface area contributed by atoms with Crippen molar-refractivity contribution in [3.05, 3.63) is 70.6 Å². The summed E-state index contributed by atoms with van der Waals surface area (Å²) >= 11 is 0. The molecule has 1 amide bonds. The van der Waals surface area contributed by atoms with Crippen molar-refractivity contribution in [3.63, 3.8) is 0 Å². The lowest BCUT2D eigenvalue weighted by Crippen LogP contribution is -2.32. The largest absolute Gasteiger partial charge is 0.497 e. The van der Waals surface area contributed by atoms with E-state index in [9.17, 15) is 14.7 Å². The van der Waals surface area contributed by atoms with Crippen LogP contribution in [0.1, 0.15) is 25.8 Å². The Hall–Kier alpha value is -3.12. The number of methoxy groups -OCH3 is 1. The number of aromatic nitrogens is 1. The monoisotopic (exact) mass is 394 g/mol. The predicted molar refractivity (Wildman–Crippen MR) is 114 cm³/mol. The van der Waals surface area contributed by atoms with Crippen molar-refractivity contribution in [3.8, 4) is 5.75 Å². The van der Waals surface area contributed by atoms with Gasteiger partial charge in [0.05, 0.1) is 19.3 Å². The molecule has 0 aliphatic carbocycles.